The highest BCUT2D eigenvalue weighted by atomic mass is 16.1. The van der Waals surface area contributed by atoms with Crippen LogP contribution in [0, 0.1) is 11.3 Å². The van der Waals surface area contributed by atoms with Gasteiger partial charge in [0, 0.05) is 0 Å². The molecule has 0 aliphatic rings. The Morgan fingerprint density at radius 2 is 2.17 bits per heavy atom. The molecule has 7 nitrogen and oxygen atoms in total. The van der Waals surface area contributed by atoms with Crippen molar-refractivity contribution in [2.45, 2.75) is 0 Å². The van der Waals surface area contributed by atoms with Crippen LogP contribution in [0.3, 0.4) is 0 Å². The van der Waals surface area contributed by atoms with Gasteiger partial charge in [-0.2, -0.15) is 10.5 Å². The summed E-state index contributed by atoms with van der Waals surface area (Å²) in [6.45, 7) is 0. The Balaban J connectivity index is 2.17. The minimum atomic E-state index is -0.581. The molecule has 88 valence electrons. The lowest BCUT2D eigenvalue weighted by Crippen LogP contribution is -2.14. The number of amides is 1. The molecule has 0 aliphatic carbocycles. The van der Waals surface area contributed by atoms with Gasteiger partial charge in [0.2, 0.25) is 0 Å². The van der Waals surface area contributed by atoms with E-state index in [2.05, 4.69) is 25.9 Å². The van der Waals surface area contributed by atoms with Gasteiger partial charge in [-0.1, -0.05) is 35.4 Å². The second-order valence-electron chi connectivity index (χ2n) is 3.27. The zero-order valence-electron chi connectivity index (χ0n) is 9.16. The molecule has 0 saturated heterocycles. The summed E-state index contributed by atoms with van der Waals surface area (Å²) in [6.07, 6.45) is 1.48. The smallest absolute Gasteiger partial charge is 0.270 e. The van der Waals surface area contributed by atoms with Gasteiger partial charge in [-0.25, -0.2) is 0 Å². The molecule has 18 heavy (non-hydrogen) atoms. The molecule has 0 saturated carbocycles. The molecule has 0 radical (unpaired) electrons. The predicted molar refractivity (Wildman–Crippen MR) is 62.8 cm³/mol. The number of nitrogens with zero attached hydrogens (tertiary/aromatic N) is 4. The summed E-state index contributed by atoms with van der Waals surface area (Å²) in [6, 6.07) is 10.9. The van der Waals surface area contributed by atoms with Crippen molar-refractivity contribution in [1.29, 1.82) is 5.26 Å². The number of tetrazole rings is 1. The van der Waals surface area contributed by atoms with Gasteiger partial charge in [-0.15, -0.1) is 5.10 Å². The van der Waals surface area contributed by atoms with Gasteiger partial charge in [0.15, 0.2) is 0 Å². The van der Waals surface area contributed by atoms with Crippen LogP contribution in [-0.2, 0) is 4.79 Å². The van der Waals surface area contributed by atoms with Crippen molar-refractivity contribution in [2.24, 2.45) is 0 Å². The summed E-state index contributed by atoms with van der Waals surface area (Å²) in [5.41, 5.74) is 0.725. The van der Waals surface area contributed by atoms with Crippen LogP contribution in [0.5, 0.6) is 0 Å². The van der Waals surface area contributed by atoms with E-state index in [0.29, 0.717) is 0 Å². The van der Waals surface area contributed by atoms with E-state index in [9.17, 15) is 4.79 Å². The molecule has 0 spiro atoms. The number of rotatable bonds is 3. The minimum Gasteiger partial charge on any atom is -0.287 e. The van der Waals surface area contributed by atoms with Crippen LogP contribution >= 0.6 is 0 Å². The maximum Gasteiger partial charge on any atom is 0.270 e. The fourth-order valence-electron chi connectivity index (χ4n) is 1.25. The largest absolute Gasteiger partial charge is 0.287 e. The number of aromatic nitrogens is 4. The summed E-state index contributed by atoms with van der Waals surface area (Å²) in [5.74, 6) is -0.558. The van der Waals surface area contributed by atoms with Crippen LogP contribution < -0.4 is 5.32 Å². The number of hydrogen-bond acceptors (Lipinski definition) is 5. The maximum absolute atomic E-state index is 11.7. The topological polar surface area (TPSA) is 107 Å². The third kappa shape index (κ3) is 2.76. The van der Waals surface area contributed by atoms with Crippen molar-refractivity contribution in [1.82, 2.24) is 20.6 Å². The average molecular weight is 240 g/mol. The van der Waals surface area contributed by atoms with Gasteiger partial charge >= 0.3 is 0 Å². The van der Waals surface area contributed by atoms with E-state index in [1.165, 1.54) is 6.08 Å². The van der Waals surface area contributed by atoms with E-state index in [1.54, 1.807) is 12.1 Å². The molecule has 1 aromatic carbocycles. The third-order valence-corrected chi connectivity index (χ3v) is 2.05. The van der Waals surface area contributed by atoms with Crippen molar-refractivity contribution >= 4 is 17.9 Å². The van der Waals surface area contributed by atoms with Crippen LogP contribution in [0.2, 0.25) is 0 Å². The van der Waals surface area contributed by atoms with Gasteiger partial charge in [0.05, 0.1) is 0 Å². The highest BCUT2D eigenvalue weighted by Crippen LogP contribution is 2.07. The van der Waals surface area contributed by atoms with E-state index in [-0.39, 0.29) is 11.5 Å². The predicted octanol–water partition coefficient (Wildman–Crippen LogP) is 0.745. The van der Waals surface area contributed by atoms with Crippen LogP contribution in [0.1, 0.15) is 5.56 Å². The molecule has 7 heteroatoms. The number of nitriles is 1. The average Bonchev–Trinajstić information content (AvgIpc) is 2.90. The van der Waals surface area contributed by atoms with E-state index >= 15 is 0 Å². The SMILES string of the molecule is N#CC(=Cc1ccccc1)C(=O)Nc1nn[nH]n1. The first-order valence-corrected chi connectivity index (χ1v) is 5.01. The Hall–Kier alpha value is -3.01. The van der Waals surface area contributed by atoms with Gasteiger partial charge in [0.1, 0.15) is 11.6 Å². The van der Waals surface area contributed by atoms with E-state index in [1.807, 2.05) is 24.3 Å². The van der Waals surface area contributed by atoms with Gasteiger partial charge in [-0.3, -0.25) is 10.1 Å². The number of aromatic amines is 1. The number of H-pyrrole nitrogens is 1. The Labute approximate surface area is 102 Å². The van der Waals surface area contributed by atoms with Crippen LogP contribution in [0.4, 0.5) is 5.95 Å². The second-order valence-corrected chi connectivity index (χ2v) is 3.27. The van der Waals surface area contributed by atoms with Crippen molar-refractivity contribution in [3.63, 3.8) is 0 Å². The molecular weight excluding hydrogens is 232 g/mol. The Kier molecular flexibility index (Phi) is 3.42. The molecule has 1 heterocycles. The second kappa shape index (κ2) is 5.36. The van der Waals surface area contributed by atoms with E-state index in [4.69, 9.17) is 5.26 Å². The summed E-state index contributed by atoms with van der Waals surface area (Å²) in [4.78, 5) is 11.7. The summed E-state index contributed by atoms with van der Waals surface area (Å²) in [7, 11) is 0. The molecule has 0 unspecified atom stereocenters. The summed E-state index contributed by atoms with van der Waals surface area (Å²) >= 11 is 0. The highest BCUT2D eigenvalue weighted by molar-refractivity contribution is 6.08. The Morgan fingerprint density at radius 1 is 1.39 bits per heavy atom. The van der Waals surface area contributed by atoms with Crippen molar-refractivity contribution < 1.29 is 4.79 Å². The number of benzene rings is 1. The highest BCUT2D eigenvalue weighted by Gasteiger charge is 2.11. The fraction of sp³-hybridized carbons (Fsp3) is 0. The Bertz CT molecular complexity index is 596. The zero-order valence-corrected chi connectivity index (χ0v) is 9.16. The minimum absolute atomic E-state index is 0.0224. The van der Waals surface area contributed by atoms with Crippen LogP contribution in [-0.4, -0.2) is 26.5 Å². The van der Waals surface area contributed by atoms with Gasteiger partial charge in [-0.05, 0) is 16.9 Å². The first kappa shape index (κ1) is 11.5. The van der Waals surface area contributed by atoms with Crippen molar-refractivity contribution in [3.05, 3.63) is 41.5 Å². The number of anilines is 1. The number of nitrogens with one attached hydrogen (secondary N) is 2. The molecule has 2 aromatic rings. The molecule has 0 fully saturated rings. The molecule has 0 atom stereocenters. The summed E-state index contributed by atoms with van der Waals surface area (Å²) in [5, 5.41) is 23.9. The molecule has 2 rings (SSSR count). The third-order valence-electron chi connectivity index (χ3n) is 2.05. The standard InChI is InChI=1S/C11H8N6O/c12-7-9(6-8-4-2-1-3-5-8)10(18)13-11-14-16-17-15-11/h1-6H,(H2,13,14,15,16,17,18). The number of carbonyl (C=O) groups excluding carboxylic acids is 1. The first-order valence-electron chi connectivity index (χ1n) is 5.01. The quantitative estimate of drug-likeness (QED) is 0.607. The lowest BCUT2D eigenvalue weighted by molar-refractivity contribution is -0.112. The van der Waals surface area contributed by atoms with Gasteiger partial charge < -0.3 is 0 Å². The van der Waals surface area contributed by atoms with E-state index < -0.39 is 5.91 Å². The first-order chi connectivity index (χ1) is 8.79. The molecule has 1 aromatic heterocycles. The molecule has 0 bridgehead atoms. The lowest BCUT2D eigenvalue weighted by atomic mass is 10.1. The summed E-state index contributed by atoms with van der Waals surface area (Å²) < 4.78 is 0. The van der Waals surface area contributed by atoms with Crippen molar-refractivity contribution in [2.75, 3.05) is 5.32 Å². The molecule has 2 N–H and O–H groups in total. The molecular formula is C11H8N6O. The van der Waals surface area contributed by atoms with Crippen molar-refractivity contribution in [3.8, 4) is 6.07 Å². The Morgan fingerprint density at radius 3 is 2.78 bits per heavy atom. The fourth-order valence-corrected chi connectivity index (χ4v) is 1.25. The van der Waals surface area contributed by atoms with E-state index in [0.717, 1.165) is 5.56 Å². The number of hydrogen-bond donors (Lipinski definition) is 2. The zero-order chi connectivity index (χ0) is 12.8. The van der Waals surface area contributed by atoms with Gasteiger partial charge in [0.25, 0.3) is 11.9 Å². The lowest BCUT2D eigenvalue weighted by Gasteiger charge is -1.98. The molecule has 1 amide bonds. The van der Waals surface area contributed by atoms with Crippen LogP contribution in [0.15, 0.2) is 35.9 Å². The number of carbonyl (C=O) groups is 1. The van der Waals surface area contributed by atoms with Crippen LogP contribution in [0.25, 0.3) is 6.08 Å². The normalized spacial score (nSPS) is 10.7. The monoisotopic (exact) mass is 240 g/mol. The molecule has 0 aliphatic heterocycles. The maximum atomic E-state index is 11.7.